The molecule has 1 amide bonds. The lowest BCUT2D eigenvalue weighted by atomic mass is 10.1. The van der Waals surface area contributed by atoms with Crippen LogP contribution < -0.4 is 14.8 Å². The highest BCUT2D eigenvalue weighted by Gasteiger charge is 2.28. The van der Waals surface area contributed by atoms with Gasteiger partial charge in [0.1, 0.15) is 5.56 Å². The second kappa shape index (κ2) is 9.73. The molecule has 160 valence electrons. The van der Waals surface area contributed by atoms with E-state index in [-0.39, 0.29) is 23.7 Å². The molecule has 0 fully saturated rings. The fourth-order valence-electron chi connectivity index (χ4n) is 2.76. The van der Waals surface area contributed by atoms with E-state index in [1.807, 2.05) is 26.0 Å². The smallest absolute Gasteiger partial charge is 0.346 e. The second-order valence-corrected chi connectivity index (χ2v) is 6.57. The molecule has 2 aromatic rings. The third-order valence-corrected chi connectivity index (χ3v) is 4.29. The molecule has 9 nitrogen and oxygen atoms in total. The molecule has 0 saturated carbocycles. The van der Waals surface area contributed by atoms with Crippen molar-refractivity contribution in [3.8, 4) is 11.5 Å². The van der Waals surface area contributed by atoms with Crippen molar-refractivity contribution in [1.82, 2.24) is 0 Å². The zero-order chi connectivity index (χ0) is 22.4. The van der Waals surface area contributed by atoms with Crippen LogP contribution in [0.1, 0.15) is 35.3 Å². The molecule has 0 saturated heterocycles. The van der Waals surface area contributed by atoms with Gasteiger partial charge >= 0.3 is 5.97 Å². The lowest BCUT2D eigenvalue weighted by molar-refractivity contribution is -0.385. The minimum absolute atomic E-state index is 0.129. The number of benzene rings is 2. The highest BCUT2D eigenvalue weighted by molar-refractivity contribution is 5.99. The zero-order valence-corrected chi connectivity index (χ0v) is 17.5. The van der Waals surface area contributed by atoms with E-state index < -0.39 is 28.6 Å². The number of aryl methyl sites for hydroxylation is 2. The first-order valence-corrected chi connectivity index (χ1v) is 9.26. The van der Waals surface area contributed by atoms with Crippen molar-refractivity contribution < 1.29 is 28.7 Å². The first-order valence-electron chi connectivity index (χ1n) is 9.26. The highest BCUT2D eigenvalue weighted by Crippen LogP contribution is 2.35. The number of hydrogen-bond donors (Lipinski definition) is 1. The van der Waals surface area contributed by atoms with Crippen molar-refractivity contribution in [2.24, 2.45) is 0 Å². The predicted octanol–water partition coefficient (Wildman–Crippen LogP) is 3.80. The molecule has 2 aromatic carbocycles. The van der Waals surface area contributed by atoms with Gasteiger partial charge in [0, 0.05) is 11.8 Å². The van der Waals surface area contributed by atoms with E-state index in [4.69, 9.17) is 14.2 Å². The molecule has 0 aliphatic rings. The van der Waals surface area contributed by atoms with E-state index >= 15 is 0 Å². The summed E-state index contributed by atoms with van der Waals surface area (Å²) in [6.07, 6.45) is -1.18. The van der Waals surface area contributed by atoms with Gasteiger partial charge in [-0.3, -0.25) is 14.9 Å². The quantitative estimate of drug-likeness (QED) is 0.395. The number of carbonyl (C=O) groups excluding carboxylic acids is 2. The third kappa shape index (κ3) is 5.25. The van der Waals surface area contributed by atoms with Crippen LogP contribution in [0.15, 0.2) is 30.3 Å². The van der Waals surface area contributed by atoms with Gasteiger partial charge in [0.05, 0.1) is 24.7 Å². The Hall–Kier alpha value is -3.62. The average Bonchev–Trinajstić information content (AvgIpc) is 2.69. The van der Waals surface area contributed by atoms with Crippen molar-refractivity contribution in [2.75, 3.05) is 19.0 Å². The monoisotopic (exact) mass is 416 g/mol. The molecule has 9 heteroatoms. The Morgan fingerprint density at radius 2 is 1.87 bits per heavy atom. The van der Waals surface area contributed by atoms with Crippen LogP contribution in [0.25, 0.3) is 0 Å². The maximum atomic E-state index is 12.6. The van der Waals surface area contributed by atoms with Crippen LogP contribution in [0.3, 0.4) is 0 Å². The zero-order valence-electron chi connectivity index (χ0n) is 17.5. The molecule has 0 aromatic heterocycles. The van der Waals surface area contributed by atoms with Gasteiger partial charge in [-0.15, -0.1) is 0 Å². The van der Waals surface area contributed by atoms with E-state index in [0.717, 1.165) is 17.2 Å². The average molecular weight is 416 g/mol. The molecule has 0 radical (unpaired) electrons. The van der Waals surface area contributed by atoms with Gasteiger partial charge in [0.2, 0.25) is 0 Å². The largest absolute Gasteiger partial charge is 0.493 e. The molecular weight excluding hydrogens is 392 g/mol. The predicted molar refractivity (Wildman–Crippen MR) is 110 cm³/mol. The third-order valence-electron chi connectivity index (χ3n) is 4.29. The van der Waals surface area contributed by atoms with E-state index in [1.54, 1.807) is 13.0 Å². The maximum absolute atomic E-state index is 12.6. The topological polar surface area (TPSA) is 117 Å². The number of amides is 1. The van der Waals surface area contributed by atoms with Crippen molar-refractivity contribution in [1.29, 1.82) is 0 Å². The Morgan fingerprint density at radius 3 is 2.43 bits per heavy atom. The fourth-order valence-corrected chi connectivity index (χ4v) is 2.76. The van der Waals surface area contributed by atoms with Crippen molar-refractivity contribution in [2.45, 2.75) is 33.8 Å². The minimum Gasteiger partial charge on any atom is -0.493 e. The summed E-state index contributed by atoms with van der Waals surface area (Å²) in [5.41, 5.74) is 1.63. The fraction of sp³-hybridized carbons (Fsp3) is 0.333. The number of nitro benzene ring substituents is 1. The SMILES string of the molecule is CCOc1cc([N+](=O)[O-])c(C(=O)O[C@H](C)C(=O)Nc2ccc(C)cc2C)cc1OC. The second-order valence-electron chi connectivity index (χ2n) is 6.57. The number of methoxy groups -OCH3 is 1. The molecule has 1 N–H and O–H groups in total. The summed E-state index contributed by atoms with van der Waals surface area (Å²) in [4.78, 5) is 35.7. The van der Waals surface area contributed by atoms with E-state index in [1.165, 1.54) is 20.1 Å². The molecule has 30 heavy (non-hydrogen) atoms. The van der Waals surface area contributed by atoms with Crippen molar-refractivity contribution in [3.05, 3.63) is 57.1 Å². The summed E-state index contributed by atoms with van der Waals surface area (Å²) in [7, 11) is 1.35. The first-order chi connectivity index (χ1) is 14.2. The summed E-state index contributed by atoms with van der Waals surface area (Å²) in [5, 5.41) is 14.1. The number of rotatable bonds is 8. The standard InChI is InChI=1S/C21H24N2O7/c1-6-29-19-11-17(23(26)27)15(10-18(19)28-5)21(25)30-14(4)20(24)22-16-8-7-12(2)9-13(16)3/h7-11,14H,6H2,1-5H3,(H,22,24)/t14-/m1/s1. The first kappa shape index (κ1) is 22.7. The molecule has 1 atom stereocenters. The van der Waals surface area contributed by atoms with Crippen LogP contribution in [0.5, 0.6) is 11.5 Å². The molecule has 0 aliphatic heterocycles. The summed E-state index contributed by atoms with van der Waals surface area (Å²) in [5.74, 6) is -1.31. The minimum atomic E-state index is -1.18. The number of nitrogens with zero attached hydrogens (tertiary/aromatic N) is 1. The Kier molecular flexibility index (Phi) is 7.35. The lowest BCUT2D eigenvalue weighted by Gasteiger charge is -2.16. The number of anilines is 1. The van der Waals surface area contributed by atoms with Gasteiger partial charge in [0.25, 0.3) is 11.6 Å². The van der Waals surface area contributed by atoms with Gasteiger partial charge in [-0.2, -0.15) is 0 Å². The Morgan fingerprint density at radius 1 is 1.17 bits per heavy atom. The lowest BCUT2D eigenvalue weighted by Crippen LogP contribution is -2.30. The molecule has 0 spiro atoms. The molecular formula is C21H24N2O7. The van der Waals surface area contributed by atoms with Crippen LogP contribution >= 0.6 is 0 Å². The van der Waals surface area contributed by atoms with Gasteiger partial charge in [-0.1, -0.05) is 17.7 Å². The summed E-state index contributed by atoms with van der Waals surface area (Å²) in [6.45, 7) is 7.13. The number of hydrogen-bond acceptors (Lipinski definition) is 7. The Labute approximate surface area is 174 Å². The van der Waals surface area contributed by atoms with E-state index in [9.17, 15) is 19.7 Å². The van der Waals surface area contributed by atoms with Crippen molar-refractivity contribution in [3.63, 3.8) is 0 Å². The van der Waals surface area contributed by atoms with Crippen LogP contribution in [-0.2, 0) is 9.53 Å². The van der Waals surface area contributed by atoms with Gasteiger partial charge in [-0.25, -0.2) is 4.79 Å². The number of ether oxygens (including phenoxy) is 3. The summed E-state index contributed by atoms with van der Waals surface area (Å²) < 4.78 is 15.6. The van der Waals surface area contributed by atoms with Crippen LogP contribution in [0.2, 0.25) is 0 Å². The van der Waals surface area contributed by atoms with Crippen LogP contribution in [-0.4, -0.2) is 36.6 Å². The number of nitrogens with one attached hydrogen (secondary N) is 1. The van der Waals surface area contributed by atoms with Gasteiger partial charge < -0.3 is 19.5 Å². The Bertz CT molecular complexity index is 972. The summed E-state index contributed by atoms with van der Waals surface area (Å²) in [6, 6.07) is 7.76. The van der Waals surface area contributed by atoms with Gasteiger partial charge in [-0.05, 0) is 39.3 Å². The molecule has 2 rings (SSSR count). The highest BCUT2D eigenvalue weighted by atomic mass is 16.6. The molecule has 0 aliphatic carbocycles. The number of nitro groups is 1. The van der Waals surface area contributed by atoms with Crippen LogP contribution in [0.4, 0.5) is 11.4 Å². The van der Waals surface area contributed by atoms with Crippen LogP contribution in [0, 0.1) is 24.0 Å². The molecule has 0 unspecified atom stereocenters. The normalized spacial score (nSPS) is 11.4. The molecule has 0 heterocycles. The van der Waals surface area contributed by atoms with Gasteiger partial charge in [0.15, 0.2) is 17.6 Å². The Balaban J connectivity index is 2.23. The number of esters is 1. The molecule has 0 bridgehead atoms. The van der Waals surface area contributed by atoms with E-state index in [0.29, 0.717) is 5.69 Å². The van der Waals surface area contributed by atoms with Crippen molar-refractivity contribution >= 4 is 23.3 Å². The maximum Gasteiger partial charge on any atom is 0.346 e. The van der Waals surface area contributed by atoms with E-state index in [2.05, 4.69) is 5.32 Å². The number of carbonyl (C=O) groups is 2. The summed E-state index contributed by atoms with van der Waals surface area (Å²) >= 11 is 0.